The van der Waals surface area contributed by atoms with Crippen molar-refractivity contribution in [3.8, 4) is 5.75 Å². The number of anilines is 4. The lowest BCUT2D eigenvalue weighted by atomic mass is 9.97. The van der Waals surface area contributed by atoms with Gasteiger partial charge in [-0.15, -0.1) is 10.2 Å². The highest BCUT2D eigenvalue weighted by atomic mass is 16.5. The van der Waals surface area contributed by atoms with Crippen molar-refractivity contribution >= 4 is 29.0 Å². The summed E-state index contributed by atoms with van der Waals surface area (Å²) >= 11 is 0. The molecule has 0 saturated carbocycles. The molecule has 1 aromatic heterocycles. The Morgan fingerprint density at radius 1 is 1.13 bits per heavy atom. The Labute approximate surface area is 222 Å². The van der Waals surface area contributed by atoms with Crippen LogP contribution in [0, 0.1) is 0 Å². The van der Waals surface area contributed by atoms with Crippen molar-refractivity contribution in [3.63, 3.8) is 0 Å². The van der Waals surface area contributed by atoms with E-state index in [0.29, 0.717) is 11.8 Å². The van der Waals surface area contributed by atoms with Crippen molar-refractivity contribution in [2.45, 2.75) is 58.2 Å². The zero-order valence-electron chi connectivity index (χ0n) is 22.2. The van der Waals surface area contributed by atoms with Crippen LogP contribution in [0.1, 0.15) is 66.4 Å². The molecule has 2 aliphatic heterocycles. The smallest absolute Gasteiger partial charge is 0.273 e. The van der Waals surface area contributed by atoms with E-state index in [1.165, 1.54) is 11.1 Å². The van der Waals surface area contributed by atoms with Crippen molar-refractivity contribution in [2.75, 3.05) is 30.9 Å². The number of benzene rings is 2. The van der Waals surface area contributed by atoms with Crippen molar-refractivity contribution in [1.82, 2.24) is 20.1 Å². The number of ether oxygens (including phenoxy) is 2. The largest absolute Gasteiger partial charge is 0.495 e. The van der Waals surface area contributed by atoms with Gasteiger partial charge in [-0.3, -0.25) is 9.69 Å². The molecule has 2 aliphatic rings. The van der Waals surface area contributed by atoms with Crippen molar-refractivity contribution in [1.29, 1.82) is 0 Å². The maximum absolute atomic E-state index is 12.2. The minimum absolute atomic E-state index is 0.0259. The van der Waals surface area contributed by atoms with Crippen molar-refractivity contribution in [3.05, 3.63) is 58.8 Å². The van der Waals surface area contributed by atoms with Gasteiger partial charge in [-0.2, -0.15) is 4.98 Å². The first-order valence-electron chi connectivity index (χ1n) is 13.2. The average Bonchev–Trinajstić information content (AvgIpc) is 2.93. The molecule has 3 aromatic rings. The van der Waals surface area contributed by atoms with Crippen molar-refractivity contribution < 1.29 is 14.3 Å². The molecule has 1 saturated heterocycles. The Morgan fingerprint density at radius 3 is 2.71 bits per heavy atom. The lowest BCUT2D eigenvalue weighted by Crippen LogP contribution is -2.35. The molecule has 0 spiro atoms. The normalized spacial score (nSPS) is 17.6. The third kappa shape index (κ3) is 5.56. The zero-order chi connectivity index (χ0) is 26.6. The first-order chi connectivity index (χ1) is 18.4. The third-order valence-electron chi connectivity index (χ3n) is 7.20. The number of carbonyl (C=O) groups excluding carboxylic acids is 1. The maximum atomic E-state index is 12.2. The monoisotopic (exact) mass is 517 g/mol. The van der Waals surface area contributed by atoms with E-state index in [4.69, 9.17) is 15.2 Å². The molecular formula is C28H35N7O3. The Balaban J connectivity index is 1.45. The average molecular weight is 518 g/mol. The summed E-state index contributed by atoms with van der Waals surface area (Å²) in [6.07, 6.45) is 4.04. The molecule has 10 heteroatoms. The standard InChI is InChI=1S/C28H35N7O3/c1-17(2)35-12-11-18-15-24(37-3)22(14-19(18)16-35)31-28-32-27(25(26(29)36)33-34-28)30-21-9-5-4-8-20(21)23-10-6-7-13-38-23/h4-5,8-9,14-15,17,23H,6-7,10-13,16H2,1-3H3,(H2,29,36)(H2,30,31,32,34). The molecule has 200 valence electrons. The Morgan fingerprint density at radius 2 is 1.97 bits per heavy atom. The number of nitrogens with two attached hydrogens (primary N) is 1. The molecular weight excluding hydrogens is 482 g/mol. The number of para-hydroxylation sites is 1. The van der Waals surface area contributed by atoms with Crippen LogP contribution < -0.4 is 21.1 Å². The number of rotatable bonds is 8. The van der Waals surface area contributed by atoms with Crippen LogP contribution in [0.15, 0.2) is 36.4 Å². The summed E-state index contributed by atoms with van der Waals surface area (Å²) in [4.78, 5) is 19.2. The first-order valence-corrected chi connectivity index (χ1v) is 13.2. The van der Waals surface area contributed by atoms with E-state index in [1.54, 1.807) is 7.11 Å². The van der Waals surface area contributed by atoms with E-state index in [1.807, 2.05) is 24.3 Å². The highest BCUT2D eigenvalue weighted by molar-refractivity contribution is 5.96. The summed E-state index contributed by atoms with van der Waals surface area (Å²) in [5.41, 5.74) is 10.6. The number of nitrogens with zero attached hydrogens (tertiary/aromatic N) is 4. The fourth-order valence-corrected chi connectivity index (χ4v) is 5.07. The third-order valence-corrected chi connectivity index (χ3v) is 7.20. The molecule has 5 rings (SSSR count). The molecule has 2 aromatic carbocycles. The molecule has 0 radical (unpaired) electrons. The van der Waals surface area contributed by atoms with Crippen LogP contribution >= 0.6 is 0 Å². The van der Waals surface area contributed by atoms with Gasteiger partial charge in [0.05, 0.1) is 18.9 Å². The minimum atomic E-state index is -0.717. The first kappa shape index (κ1) is 25.9. The van der Waals surface area contributed by atoms with Crippen LogP contribution in [0.4, 0.5) is 23.1 Å². The van der Waals surface area contributed by atoms with Crippen LogP contribution in [-0.2, 0) is 17.7 Å². The van der Waals surface area contributed by atoms with Crippen LogP contribution in [0.3, 0.4) is 0 Å². The summed E-state index contributed by atoms with van der Waals surface area (Å²) in [6.45, 7) is 7.02. The minimum Gasteiger partial charge on any atom is -0.495 e. The van der Waals surface area contributed by atoms with Gasteiger partial charge in [-0.25, -0.2) is 0 Å². The van der Waals surface area contributed by atoms with E-state index in [2.05, 4.69) is 56.7 Å². The van der Waals surface area contributed by atoms with E-state index in [-0.39, 0.29) is 23.6 Å². The summed E-state index contributed by atoms with van der Waals surface area (Å²) in [7, 11) is 1.64. The van der Waals surface area contributed by atoms with Crippen LogP contribution in [0.25, 0.3) is 0 Å². The summed E-state index contributed by atoms with van der Waals surface area (Å²) in [5, 5.41) is 14.7. The SMILES string of the molecule is COc1cc2c(cc1Nc1nnc(C(N)=O)c(Nc3ccccc3C3CCCCO3)n1)CN(C(C)C)CC2. The molecule has 1 fully saturated rings. The Kier molecular flexibility index (Phi) is 7.71. The molecule has 1 unspecified atom stereocenters. The van der Waals surface area contributed by atoms with Crippen LogP contribution in [0.5, 0.6) is 5.75 Å². The van der Waals surface area contributed by atoms with Crippen LogP contribution in [0.2, 0.25) is 0 Å². The van der Waals surface area contributed by atoms with Gasteiger partial charge in [-0.05, 0) is 68.9 Å². The van der Waals surface area contributed by atoms with Gasteiger partial charge in [0.1, 0.15) is 5.75 Å². The topological polar surface area (TPSA) is 128 Å². The van der Waals surface area contributed by atoms with Gasteiger partial charge in [0, 0.05) is 37.0 Å². The van der Waals surface area contributed by atoms with Gasteiger partial charge in [0.15, 0.2) is 11.5 Å². The number of amides is 1. The second-order valence-corrected chi connectivity index (χ2v) is 10.0. The summed E-state index contributed by atoms with van der Waals surface area (Å²) < 4.78 is 11.7. The predicted octanol–water partition coefficient (Wildman–Crippen LogP) is 4.47. The second-order valence-electron chi connectivity index (χ2n) is 10.0. The van der Waals surface area contributed by atoms with Gasteiger partial charge in [0.2, 0.25) is 5.95 Å². The molecule has 4 N–H and O–H groups in total. The lowest BCUT2D eigenvalue weighted by molar-refractivity contribution is 0.0154. The van der Waals surface area contributed by atoms with E-state index in [9.17, 15) is 4.79 Å². The summed E-state index contributed by atoms with van der Waals surface area (Å²) in [5.74, 6) is 0.420. The van der Waals surface area contributed by atoms with E-state index < -0.39 is 5.91 Å². The van der Waals surface area contributed by atoms with E-state index in [0.717, 1.165) is 62.3 Å². The highest BCUT2D eigenvalue weighted by Crippen LogP contribution is 2.36. The van der Waals surface area contributed by atoms with Crippen molar-refractivity contribution in [2.24, 2.45) is 5.73 Å². The number of fused-ring (bicyclic) bond motifs is 1. The summed E-state index contributed by atoms with van der Waals surface area (Å²) in [6, 6.07) is 12.5. The number of carbonyl (C=O) groups is 1. The number of methoxy groups -OCH3 is 1. The molecule has 1 atom stereocenters. The van der Waals surface area contributed by atoms with Gasteiger partial charge >= 0.3 is 0 Å². The highest BCUT2D eigenvalue weighted by Gasteiger charge is 2.23. The predicted molar refractivity (Wildman–Crippen MR) is 146 cm³/mol. The molecule has 0 bridgehead atoms. The number of primary amides is 1. The molecule has 10 nitrogen and oxygen atoms in total. The Hall–Kier alpha value is -3.76. The fourth-order valence-electron chi connectivity index (χ4n) is 5.07. The quantitative estimate of drug-likeness (QED) is 0.396. The maximum Gasteiger partial charge on any atom is 0.273 e. The second kappa shape index (κ2) is 11.3. The lowest BCUT2D eigenvalue weighted by Gasteiger charge is -2.32. The molecule has 3 heterocycles. The van der Waals surface area contributed by atoms with Crippen LogP contribution in [-0.4, -0.2) is 52.3 Å². The van der Waals surface area contributed by atoms with E-state index >= 15 is 0 Å². The number of nitrogens with one attached hydrogen (secondary N) is 2. The zero-order valence-corrected chi connectivity index (χ0v) is 22.2. The van der Waals surface area contributed by atoms with Gasteiger partial charge in [0.25, 0.3) is 5.91 Å². The van der Waals surface area contributed by atoms with Gasteiger partial charge < -0.3 is 25.8 Å². The molecule has 1 amide bonds. The number of aromatic nitrogens is 3. The number of hydrogen-bond acceptors (Lipinski definition) is 9. The fraction of sp³-hybridized carbons (Fsp3) is 0.429. The molecule has 0 aliphatic carbocycles. The number of hydrogen-bond donors (Lipinski definition) is 3. The Bertz CT molecular complexity index is 1310. The van der Waals surface area contributed by atoms with Gasteiger partial charge in [-0.1, -0.05) is 18.2 Å². The molecule has 38 heavy (non-hydrogen) atoms.